The molecule has 57 heavy (non-hydrogen) atoms. The van der Waals surface area contributed by atoms with Crippen LogP contribution in [0.1, 0.15) is 9.60 Å². The van der Waals surface area contributed by atoms with Gasteiger partial charge in [-0.1, -0.05) is 127 Å². The standard InChI is InChI=1S/C54H34N2O/c1-3-11-35(12-4-1)37-19-24-41(25-20-37)55-51-28-21-38(36-13-5-2-6-14-36)31-47(51)48-33-40(23-30-52(48)55)39-22-29-50-46(32-39)43-15-7-9-17-49(43)56(50)42-26-27-45-44-16-8-10-18-53(44)57-54(45)34-42/h1-34H/i7D,9D,15D,17D,22D,29D,32D. The maximum atomic E-state index is 9.92. The molecule has 0 radical (unpaired) electrons. The van der Waals surface area contributed by atoms with Gasteiger partial charge in [-0.15, -0.1) is 0 Å². The molecule has 9 aromatic carbocycles. The number of aromatic nitrogens is 2. The summed E-state index contributed by atoms with van der Waals surface area (Å²) in [5.74, 6) is 0. The lowest BCUT2D eigenvalue weighted by Crippen LogP contribution is -1.94. The first-order valence-electron chi connectivity index (χ1n) is 22.4. The molecule has 266 valence electrons. The van der Waals surface area contributed by atoms with Gasteiger partial charge in [-0.25, -0.2) is 0 Å². The van der Waals surface area contributed by atoms with Crippen molar-refractivity contribution in [3.8, 4) is 44.8 Å². The molecule has 3 heteroatoms. The molecule has 0 amide bonds. The molecule has 0 saturated heterocycles. The SMILES string of the molecule is [2H]c1c([2H])c([2H])c2c(c1[2H])c1c([2H])c(-c3ccc4c(c3)c3cc(-c5ccccc5)ccc3n4-c3ccc(-c4ccccc4)cc3)c([2H])c([2H])c1n2-c1ccc2c(c1)oc1ccccc12. The highest BCUT2D eigenvalue weighted by atomic mass is 16.3. The zero-order valence-corrected chi connectivity index (χ0v) is 30.4. The van der Waals surface area contributed by atoms with Crippen LogP contribution in [0.4, 0.5) is 0 Å². The summed E-state index contributed by atoms with van der Waals surface area (Å²) in [6.07, 6.45) is 0. The van der Waals surface area contributed by atoms with E-state index in [0.29, 0.717) is 22.4 Å². The van der Waals surface area contributed by atoms with Gasteiger partial charge in [-0.3, -0.25) is 0 Å². The van der Waals surface area contributed by atoms with E-state index in [1.807, 2.05) is 91.0 Å². The molecule has 0 aliphatic heterocycles. The highest BCUT2D eigenvalue weighted by Gasteiger charge is 2.18. The van der Waals surface area contributed by atoms with E-state index in [1.165, 1.54) is 0 Å². The third-order valence-corrected chi connectivity index (χ3v) is 11.2. The number of furan rings is 1. The summed E-state index contributed by atoms with van der Waals surface area (Å²) in [5.41, 5.74) is 9.98. The van der Waals surface area contributed by atoms with Crippen LogP contribution in [0.2, 0.25) is 0 Å². The van der Waals surface area contributed by atoms with Crippen LogP contribution in [0.15, 0.2) is 211 Å². The van der Waals surface area contributed by atoms with Gasteiger partial charge in [0, 0.05) is 49.8 Å². The van der Waals surface area contributed by atoms with Crippen LogP contribution in [0.25, 0.3) is 110 Å². The average Bonchev–Trinajstić information content (AvgIpc) is 4.00. The van der Waals surface area contributed by atoms with Crippen molar-refractivity contribution in [1.82, 2.24) is 9.13 Å². The fourth-order valence-electron chi connectivity index (χ4n) is 8.47. The van der Waals surface area contributed by atoms with Gasteiger partial charge >= 0.3 is 0 Å². The Morgan fingerprint density at radius 3 is 1.65 bits per heavy atom. The van der Waals surface area contributed by atoms with Gasteiger partial charge in [0.05, 0.1) is 31.7 Å². The van der Waals surface area contributed by atoms with Gasteiger partial charge < -0.3 is 13.6 Å². The molecule has 0 spiro atoms. The lowest BCUT2D eigenvalue weighted by molar-refractivity contribution is 0.668. The first-order chi connectivity index (χ1) is 31.2. The maximum Gasteiger partial charge on any atom is 0.137 e. The number of rotatable bonds is 5. The van der Waals surface area contributed by atoms with Crippen molar-refractivity contribution in [3.05, 3.63) is 206 Å². The molecule has 3 heterocycles. The first-order valence-corrected chi connectivity index (χ1v) is 18.9. The quantitative estimate of drug-likeness (QED) is 0.173. The van der Waals surface area contributed by atoms with E-state index >= 15 is 0 Å². The molecule has 12 rings (SSSR count). The highest BCUT2D eigenvalue weighted by molar-refractivity contribution is 6.14. The molecule has 0 aliphatic rings. The molecule has 0 fully saturated rings. The van der Waals surface area contributed by atoms with Crippen LogP contribution < -0.4 is 0 Å². The molecule has 0 aliphatic carbocycles. The molecule has 3 nitrogen and oxygen atoms in total. The van der Waals surface area contributed by atoms with E-state index in [4.69, 9.17) is 7.16 Å². The van der Waals surface area contributed by atoms with Gasteiger partial charge in [-0.2, -0.15) is 0 Å². The minimum atomic E-state index is -0.438. The summed E-state index contributed by atoms with van der Waals surface area (Å²) in [7, 11) is 0. The van der Waals surface area contributed by atoms with Crippen molar-refractivity contribution in [2.45, 2.75) is 0 Å². The molecule has 0 atom stereocenters. The summed E-state index contributed by atoms with van der Waals surface area (Å²) in [6.45, 7) is 0. The Kier molecular flexibility index (Phi) is 5.56. The van der Waals surface area contributed by atoms with Crippen LogP contribution in [0.3, 0.4) is 0 Å². The third kappa shape index (κ3) is 4.99. The van der Waals surface area contributed by atoms with E-state index in [2.05, 4.69) is 71.3 Å². The van der Waals surface area contributed by atoms with Gasteiger partial charge in [-0.05, 0) is 106 Å². The number of benzene rings is 9. The Balaban J connectivity index is 1.12. The normalized spacial score (nSPS) is 13.6. The molecule has 0 N–H and O–H groups in total. The number of hydrogen-bond acceptors (Lipinski definition) is 1. The third-order valence-electron chi connectivity index (χ3n) is 11.2. The van der Waals surface area contributed by atoms with Crippen LogP contribution in [-0.2, 0) is 0 Å². The minimum Gasteiger partial charge on any atom is -0.456 e. The number of nitrogens with zero attached hydrogens (tertiary/aromatic N) is 2. The fraction of sp³-hybridized carbons (Fsp3) is 0. The summed E-state index contributed by atoms with van der Waals surface area (Å²) in [6, 6.07) is 52.5. The van der Waals surface area contributed by atoms with Crippen molar-refractivity contribution < 1.29 is 14.0 Å². The van der Waals surface area contributed by atoms with Crippen molar-refractivity contribution in [1.29, 1.82) is 0 Å². The van der Waals surface area contributed by atoms with E-state index < -0.39 is 12.1 Å². The van der Waals surface area contributed by atoms with Crippen molar-refractivity contribution in [3.63, 3.8) is 0 Å². The highest BCUT2D eigenvalue weighted by Crippen LogP contribution is 2.40. The smallest absolute Gasteiger partial charge is 0.137 e. The van der Waals surface area contributed by atoms with Crippen molar-refractivity contribution in [2.24, 2.45) is 0 Å². The second kappa shape index (κ2) is 12.5. The molecule has 0 bridgehead atoms. The molecule has 12 aromatic rings. The Morgan fingerprint density at radius 2 is 0.895 bits per heavy atom. The van der Waals surface area contributed by atoms with Gasteiger partial charge in [0.1, 0.15) is 11.2 Å². The predicted molar refractivity (Wildman–Crippen MR) is 239 cm³/mol. The van der Waals surface area contributed by atoms with Crippen molar-refractivity contribution >= 4 is 65.6 Å². The minimum absolute atomic E-state index is 0.0980. The lowest BCUT2D eigenvalue weighted by atomic mass is 9.99. The topological polar surface area (TPSA) is 23.0 Å². The van der Waals surface area contributed by atoms with E-state index in [0.717, 1.165) is 60.5 Å². The number of fused-ring (bicyclic) bond motifs is 9. The maximum absolute atomic E-state index is 9.92. The molecule has 3 aromatic heterocycles. The summed E-state index contributed by atoms with van der Waals surface area (Å²) < 4.78 is 75.1. The molecular weight excluding hydrogens is 693 g/mol. The largest absolute Gasteiger partial charge is 0.456 e. The zero-order chi connectivity index (χ0) is 43.5. The summed E-state index contributed by atoms with van der Waals surface area (Å²) >= 11 is 0. The van der Waals surface area contributed by atoms with E-state index in [1.54, 1.807) is 10.6 Å². The second-order valence-corrected chi connectivity index (χ2v) is 14.4. The van der Waals surface area contributed by atoms with Crippen LogP contribution in [0, 0.1) is 0 Å². The zero-order valence-electron chi connectivity index (χ0n) is 37.4. The van der Waals surface area contributed by atoms with Crippen LogP contribution in [0.5, 0.6) is 0 Å². The summed E-state index contributed by atoms with van der Waals surface area (Å²) in [4.78, 5) is 0. The van der Waals surface area contributed by atoms with Crippen LogP contribution in [-0.4, -0.2) is 9.13 Å². The molecule has 0 saturated carbocycles. The number of hydrogen-bond donors (Lipinski definition) is 0. The monoisotopic (exact) mass is 733 g/mol. The van der Waals surface area contributed by atoms with Gasteiger partial charge in [0.15, 0.2) is 0 Å². The Labute approximate surface area is 338 Å². The van der Waals surface area contributed by atoms with Crippen molar-refractivity contribution in [2.75, 3.05) is 0 Å². The number of para-hydroxylation sites is 2. The Bertz CT molecular complexity index is 3910. The second-order valence-electron chi connectivity index (χ2n) is 14.4. The van der Waals surface area contributed by atoms with E-state index in [9.17, 15) is 6.85 Å². The van der Waals surface area contributed by atoms with Gasteiger partial charge in [0.2, 0.25) is 0 Å². The Hall–Kier alpha value is -7.62. The van der Waals surface area contributed by atoms with E-state index in [-0.39, 0.29) is 57.6 Å². The van der Waals surface area contributed by atoms with Gasteiger partial charge in [0.25, 0.3) is 0 Å². The molecule has 0 unspecified atom stereocenters. The molecular formula is C54H34N2O. The first kappa shape index (κ1) is 25.5. The predicted octanol–water partition coefficient (Wildman–Crippen LogP) is 14.8. The average molecular weight is 734 g/mol. The fourth-order valence-corrected chi connectivity index (χ4v) is 8.47. The Morgan fingerprint density at radius 1 is 0.333 bits per heavy atom. The lowest BCUT2D eigenvalue weighted by Gasteiger charge is -2.10. The summed E-state index contributed by atoms with van der Waals surface area (Å²) in [5, 5.41) is 3.96. The van der Waals surface area contributed by atoms with Crippen LogP contribution >= 0.6 is 0 Å².